The predicted octanol–water partition coefficient (Wildman–Crippen LogP) is 5.16. The summed E-state index contributed by atoms with van der Waals surface area (Å²) >= 11 is 4.66. The van der Waals surface area contributed by atoms with E-state index in [1.54, 1.807) is 41.8 Å². The molecule has 0 bridgehead atoms. The Labute approximate surface area is 168 Å². The maximum absolute atomic E-state index is 12.1. The molecule has 0 atom stereocenters. The van der Waals surface area contributed by atoms with Gasteiger partial charge in [-0.3, -0.25) is 4.79 Å². The first-order valence-corrected chi connectivity index (χ1v) is 9.52. The molecule has 0 fully saturated rings. The molecule has 0 saturated heterocycles. The molecule has 0 saturated carbocycles. The number of nitrogens with one attached hydrogen (secondary N) is 1. The molecule has 27 heavy (non-hydrogen) atoms. The average molecular weight is 444 g/mol. The summed E-state index contributed by atoms with van der Waals surface area (Å²) in [5, 5.41) is 13.5. The third-order valence-electron chi connectivity index (χ3n) is 3.48. The Kier molecular flexibility index (Phi) is 6.05. The highest BCUT2D eigenvalue weighted by Gasteiger charge is 2.14. The molecule has 136 valence electrons. The van der Waals surface area contributed by atoms with Crippen LogP contribution in [0.2, 0.25) is 0 Å². The summed E-state index contributed by atoms with van der Waals surface area (Å²) in [6.07, 6.45) is 1.40. The second-order valence-corrected chi connectivity index (χ2v) is 7.20. The summed E-state index contributed by atoms with van der Waals surface area (Å²) in [5.41, 5.74) is 0.422. The van der Waals surface area contributed by atoms with Crippen LogP contribution < -0.4 is 10.1 Å². The van der Waals surface area contributed by atoms with E-state index in [0.29, 0.717) is 21.9 Å². The van der Waals surface area contributed by atoms with Gasteiger partial charge in [0.2, 0.25) is 0 Å². The van der Waals surface area contributed by atoms with Gasteiger partial charge in [-0.15, -0.1) is 11.3 Å². The molecule has 7 heteroatoms. The zero-order chi connectivity index (χ0) is 19.2. The summed E-state index contributed by atoms with van der Waals surface area (Å²) in [6.45, 7) is 0. The highest BCUT2D eigenvalue weighted by Crippen LogP contribution is 2.29. The maximum atomic E-state index is 12.1. The summed E-state index contributed by atoms with van der Waals surface area (Å²) in [7, 11) is 0. The van der Waals surface area contributed by atoms with Crippen molar-refractivity contribution in [1.82, 2.24) is 5.32 Å². The quantitative estimate of drug-likeness (QED) is 0.515. The van der Waals surface area contributed by atoms with Crippen molar-refractivity contribution in [3.05, 3.63) is 86.7 Å². The smallest absolute Gasteiger partial charge is 0.352 e. The zero-order valence-corrected chi connectivity index (χ0v) is 16.3. The Morgan fingerprint density at radius 1 is 1.04 bits per heavy atom. The summed E-state index contributed by atoms with van der Waals surface area (Å²) in [5.74, 6) is -0.380. The Morgan fingerprint density at radius 3 is 2.41 bits per heavy atom. The van der Waals surface area contributed by atoms with Gasteiger partial charge in [-0.05, 0) is 63.3 Å². The molecule has 0 aliphatic carbocycles. The first-order chi connectivity index (χ1) is 13.0. The maximum Gasteiger partial charge on any atom is 0.352 e. The molecule has 5 nitrogen and oxygen atoms in total. The first-order valence-electron chi connectivity index (χ1n) is 7.85. The number of para-hydroxylation sites is 1. The largest absolute Gasteiger partial charge is 0.477 e. The molecule has 1 amide bonds. The standard InChI is InChI=1S/C20H14BrNO4S/c21-15-4-1-2-5-17(15)26-14-9-7-13(8-10-14)12-16(20(24)25)22-19(23)18-6-3-11-27-18/h1-12H,(H,22,23)(H,24,25)/b16-12+. The third kappa shape index (κ3) is 5.06. The van der Waals surface area contributed by atoms with E-state index in [4.69, 9.17) is 4.74 Å². The van der Waals surface area contributed by atoms with E-state index in [0.717, 1.165) is 4.47 Å². The van der Waals surface area contributed by atoms with E-state index < -0.39 is 11.9 Å². The van der Waals surface area contributed by atoms with Crippen LogP contribution in [-0.4, -0.2) is 17.0 Å². The minimum Gasteiger partial charge on any atom is -0.477 e. The Morgan fingerprint density at radius 2 is 1.78 bits per heavy atom. The lowest BCUT2D eigenvalue weighted by atomic mass is 10.2. The van der Waals surface area contributed by atoms with Gasteiger partial charge in [0.05, 0.1) is 9.35 Å². The van der Waals surface area contributed by atoms with Crippen LogP contribution in [0.5, 0.6) is 11.5 Å². The van der Waals surface area contributed by atoms with E-state index >= 15 is 0 Å². The number of aliphatic carboxylic acids is 1. The van der Waals surface area contributed by atoms with Gasteiger partial charge in [-0.1, -0.05) is 30.3 Å². The number of carbonyl (C=O) groups is 2. The second kappa shape index (κ2) is 8.66. The van der Waals surface area contributed by atoms with Crippen LogP contribution in [0.3, 0.4) is 0 Å². The van der Waals surface area contributed by atoms with Crippen LogP contribution in [-0.2, 0) is 4.79 Å². The summed E-state index contributed by atoms with van der Waals surface area (Å²) in [6, 6.07) is 17.7. The fourth-order valence-corrected chi connectivity index (χ4v) is 3.18. The fourth-order valence-electron chi connectivity index (χ4n) is 2.20. The molecule has 0 unspecified atom stereocenters. The molecule has 1 heterocycles. The highest BCUT2D eigenvalue weighted by molar-refractivity contribution is 9.10. The number of carboxylic acids is 1. The van der Waals surface area contributed by atoms with Crippen LogP contribution in [0.25, 0.3) is 6.08 Å². The lowest BCUT2D eigenvalue weighted by Gasteiger charge is -2.08. The predicted molar refractivity (Wildman–Crippen MR) is 108 cm³/mol. The van der Waals surface area contributed by atoms with Gasteiger partial charge in [0.25, 0.3) is 5.91 Å². The van der Waals surface area contributed by atoms with Gasteiger partial charge in [-0.2, -0.15) is 0 Å². The Bertz CT molecular complexity index is 981. The molecule has 2 aromatic carbocycles. The van der Waals surface area contributed by atoms with E-state index in [1.807, 2.05) is 24.3 Å². The number of hydrogen-bond acceptors (Lipinski definition) is 4. The van der Waals surface area contributed by atoms with Crippen LogP contribution in [0.15, 0.2) is 76.2 Å². The molecule has 3 aromatic rings. The number of rotatable bonds is 6. The minimum atomic E-state index is -1.21. The number of ether oxygens (including phenoxy) is 1. The van der Waals surface area contributed by atoms with Crippen LogP contribution in [0.1, 0.15) is 15.2 Å². The zero-order valence-electron chi connectivity index (χ0n) is 13.9. The number of benzene rings is 2. The van der Waals surface area contributed by atoms with Crippen molar-refractivity contribution in [3.8, 4) is 11.5 Å². The van der Waals surface area contributed by atoms with Gasteiger partial charge >= 0.3 is 5.97 Å². The van der Waals surface area contributed by atoms with E-state index in [9.17, 15) is 14.7 Å². The molecule has 3 rings (SSSR count). The number of amides is 1. The number of hydrogen-bond donors (Lipinski definition) is 2. The van der Waals surface area contributed by atoms with Gasteiger partial charge in [-0.25, -0.2) is 4.79 Å². The molecule has 0 aliphatic rings. The molecular weight excluding hydrogens is 430 g/mol. The van der Waals surface area contributed by atoms with Crippen LogP contribution >= 0.6 is 27.3 Å². The topological polar surface area (TPSA) is 75.6 Å². The first kappa shape index (κ1) is 18.9. The highest BCUT2D eigenvalue weighted by atomic mass is 79.9. The molecule has 0 spiro atoms. The van der Waals surface area contributed by atoms with Crippen molar-refractivity contribution in [2.45, 2.75) is 0 Å². The van der Waals surface area contributed by atoms with E-state index in [-0.39, 0.29) is 5.70 Å². The van der Waals surface area contributed by atoms with Crippen molar-refractivity contribution in [2.24, 2.45) is 0 Å². The van der Waals surface area contributed by atoms with Gasteiger partial charge in [0.1, 0.15) is 17.2 Å². The molecule has 0 aliphatic heterocycles. The van der Waals surface area contributed by atoms with Crippen molar-refractivity contribution in [2.75, 3.05) is 0 Å². The van der Waals surface area contributed by atoms with E-state index in [1.165, 1.54) is 17.4 Å². The van der Waals surface area contributed by atoms with Crippen molar-refractivity contribution in [1.29, 1.82) is 0 Å². The normalized spacial score (nSPS) is 11.1. The van der Waals surface area contributed by atoms with E-state index in [2.05, 4.69) is 21.2 Å². The Hall–Kier alpha value is -2.90. The van der Waals surface area contributed by atoms with Gasteiger partial charge in [0.15, 0.2) is 0 Å². The van der Waals surface area contributed by atoms with Gasteiger partial charge < -0.3 is 15.2 Å². The lowest BCUT2D eigenvalue weighted by molar-refractivity contribution is -0.132. The van der Waals surface area contributed by atoms with Crippen molar-refractivity contribution >= 4 is 45.2 Å². The SMILES string of the molecule is O=C(O)/C(=C\c1ccc(Oc2ccccc2Br)cc1)NC(=O)c1cccs1. The lowest BCUT2D eigenvalue weighted by Crippen LogP contribution is -2.26. The fraction of sp³-hybridized carbons (Fsp3) is 0. The number of carbonyl (C=O) groups excluding carboxylic acids is 1. The average Bonchev–Trinajstić information content (AvgIpc) is 3.19. The van der Waals surface area contributed by atoms with Crippen LogP contribution in [0, 0.1) is 0 Å². The minimum absolute atomic E-state index is 0.201. The number of halogens is 1. The molecular formula is C20H14BrNO4S. The number of thiophene rings is 1. The molecule has 1 aromatic heterocycles. The van der Waals surface area contributed by atoms with Crippen molar-refractivity contribution in [3.63, 3.8) is 0 Å². The van der Waals surface area contributed by atoms with Crippen molar-refractivity contribution < 1.29 is 19.4 Å². The second-order valence-electron chi connectivity index (χ2n) is 5.40. The summed E-state index contributed by atoms with van der Waals surface area (Å²) in [4.78, 5) is 24.0. The Balaban J connectivity index is 1.75. The van der Waals surface area contributed by atoms with Gasteiger partial charge in [0, 0.05) is 0 Å². The number of carboxylic acid groups (broad SMARTS) is 1. The summed E-state index contributed by atoms with van der Waals surface area (Å²) < 4.78 is 6.61. The third-order valence-corrected chi connectivity index (χ3v) is 5.00. The monoisotopic (exact) mass is 443 g/mol. The molecule has 0 radical (unpaired) electrons. The molecule has 2 N–H and O–H groups in total. The van der Waals surface area contributed by atoms with Crippen LogP contribution in [0.4, 0.5) is 0 Å².